The smallest absolute Gasteiger partial charge is 0.291 e. The van der Waals surface area contributed by atoms with Crippen LogP contribution in [0.15, 0.2) is 0 Å². The van der Waals surface area contributed by atoms with Gasteiger partial charge in [0, 0.05) is 0 Å². The van der Waals surface area contributed by atoms with Crippen molar-refractivity contribution in [3.05, 3.63) is 20.2 Å². The molecule has 9 heteroatoms. The predicted molar refractivity (Wildman–Crippen MR) is 20.1 cm³/mol. The molecule has 0 saturated heterocycles. The third-order valence-corrected chi connectivity index (χ3v) is 0. The molecule has 0 aromatic carbocycles. The summed E-state index contributed by atoms with van der Waals surface area (Å²) in [5.41, 5.74) is 0. The van der Waals surface area contributed by atoms with Gasteiger partial charge < -0.3 is 10.4 Å². The molecule has 0 bridgehead atoms. The summed E-state index contributed by atoms with van der Waals surface area (Å²) in [5, 5.41) is 27.3. The molecule has 0 aromatic rings. The first-order chi connectivity index (χ1) is 3.46. The Bertz CT molecular complexity index is 69.1. The van der Waals surface area contributed by atoms with Crippen LogP contribution in [0.25, 0.3) is 0 Å². The minimum atomic E-state index is -1.50. The van der Waals surface area contributed by atoms with Crippen LogP contribution in [-0.2, 0) is 0 Å². The van der Waals surface area contributed by atoms with Gasteiger partial charge in [0.05, 0.1) is 0 Å². The van der Waals surface area contributed by atoms with Gasteiger partial charge in [0.1, 0.15) is 0 Å². The zero-order valence-corrected chi connectivity index (χ0v) is 3.83. The number of rotatable bonds is 0. The lowest BCUT2D eigenvalue weighted by atomic mass is 13.1. The monoisotopic (exact) mass is 146 g/mol. The van der Waals surface area contributed by atoms with Crippen LogP contribution in [0.3, 0.4) is 0 Å². The average molecular weight is 146 g/mol. The summed E-state index contributed by atoms with van der Waals surface area (Å²) in [6, 6.07) is 0. The zero-order chi connectivity index (χ0) is 7.15. The Morgan fingerprint density at radius 2 is 1.00 bits per heavy atom. The number of nitrogens with zero attached hydrogens (tertiary/aromatic N) is 2. The summed E-state index contributed by atoms with van der Waals surface area (Å²) < 4.78 is 0. The van der Waals surface area contributed by atoms with E-state index in [0.29, 0.717) is 0 Å². The SMILES string of the molecule is F.O=[N+]([O-])O.O=[N+]([O-])O. The van der Waals surface area contributed by atoms with Gasteiger partial charge in [0.25, 0.3) is 10.2 Å². The maximum Gasteiger partial charge on any atom is 0.291 e. The summed E-state index contributed by atoms with van der Waals surface area (Å²) in [4.78, 5) is 16.7. The van der Waals surface area contributed by atoms with Crippen LogP contribution in [0.2, 0.25) is 0 Å². The van der Waals surface area contributed by atoms with Crippen LogP contribution >= 0.6 is 0 Å². The predicted octanol–water partition coefficient (Wildman–Crippen LogP) is -0.543. The van der Waals surface area contributed by atoms with Crippen LogP contribution in [0.4, 0.5) is 4.70 Å². The van der Waals surface area contributed by atoms with Gasteiger partial charge in [-0.3, -0.25) is 4.70 Å². The first-order valence-electron chi connectivity index (χ1n) is 1.13. The highest BCUT2D eigenvalue weighted by molar-refractivity contribution is 3.83. The molecule has 0 aliphatic rings. The Morgan fingerprint density at radius 3 is 1.00 bits per heavy atom. The minimum Gasteiger partial charge on any atom is -0.328 e. The molecule has 0 atom stereocenters. The van der Waals surface area contributed by atoms with Crippen LogP contribution in [0.1, 0.15) is 0 Å². The molecule has 0 amide bonds. The van der Waals surface area contributed by atoms with E-state index in [-0.39, 0.29) is 4.70 Å². The van der Waals surface area contributed by atoms with Crippen LogP contribution in [-0.4, -0.2) is 20.6 Å². The summed E-state index contributed by atoms with van der Waals surface area (Å²) in [7, 11) is 0. The molecule has 56 valence electrons. The number of hydrogen-bond acceptors (Lipinski definition) is 4. The maximum atomic E-state index is 8.36. The van der Waals surface area contributed by atoms with Crippen molar-refractivity contribution in [2.75, 3.05) is 0 Å². The van der Waals surface area contributed by atoms with Crippen molar-refractivity contribution in [3.63, 3.8) is 0 Å². The van der Waals surface area contributed by atoms with Gasteiger partial charge in [-0.25, -0.2) is 0 Å². The summed E-state index contributed by atoms with van der Waals surface area (Å²) in [6.45, 7) is 0. The quantitative estimate of drug-likeness (QED) is 0.348. The van der Waals surface area contributed by atoms with Crippen molar-refractivity contribution >= 4 is 0 Å². The van der Waals surface area contributed by atoms with E-state index < -0.39 is 10.2 Å². The van der Waals surface area contributed by atoms with Crippen LogP contribution in [0.5, 0.6) is 0 Å². The van der Waals surface area contributed by atoms with Gasteiger partial charge in [-0.2, -0.15) is 0 Å². The highest BCUT2D eigenvalue weighted by Gasteiger charge is 1.65. The molecule has 0 radical (unpaired) electrons. The Kier molecular flexibility index (Phi) is 16.7. The first-order valence-corrected chi connectivity index (χ1v) is 1.13. The lowest BCUT2D eigenvalue weighted by Crippen LogP contribution is -1.81. The third kappa shape index (κ3) is 42.6. The second-order valence-corrected chi connectivity index (χ2v) is 0.476. The van der Waals surface area contributed by atoms with Crippen molar-refractivity contribution in [1.82, 2.24) is 0 Å². The van der Waals surface area contributed by atoms with E-state index in [9.17, 15) is 0 Å². The lowest BCUT2D eigenvalue weighted by Gasteiger charge is -1.56. The van der Waals surface area contributed by atoms with Crippen molar-refractivity contribution in [2.24, 2.45) is 0 Å². The zero-order valence-electron chi connectivity index (χ0n) is 3.83. The maximum absolute atomic E-state index is 8.36. The Labute approximate surface area is 46.9 Å². The summed E-state index contributed by atoms with van der Waals surface area (Å²) in [5.74, 6) is 0. The molecule has 0 aliphatic carbocycles. The summed E-state index contributed by atoms with van der Waals surface area (Å²) >= 11 is 0. The summed E-state index contributed by atoms with van der Waals surface area (Å²) in [6.07, 6.45) is 0. The van der Waals surface area contributed by atoms with Crippen molar-refractivity contribution < 1.29 is 25.3 Å². The number of halogens is 1. The van der Waals surface area contributed by atoms with E-state index in [1.165, 1.54) is 0 Å². The molecular weight excluding hydrogens is 143 g/mol. The van der Waals surface area contributed by atoms with Gasteiger partial charge in [-0.15, -0.1) is 20.2 Å². The first kappa shape index (κ1) is 15.7. The van der Waals surface area contributed by atoms with E-state index in [0.717, 1.165) is 0 Å². The van der Waals surface area contributed by atoms with Gasteiger partial charge >= 0.3 is 0 Å². The fraction of sp³-hybridized carbons (Fsp3) is 0. The molecule has 0 heterocycles. The molecule has 0 fully saturated rings. The van der Waals surface area contributed by atoms with Gasteiger partial charge in [-0.1, -0.05) is 0 Å². The second-order valence-electron chi connectivity index (χ2n) is 0.476. The van der Waals surface area contributed by atoms with E-state index in [4.69, 9.17) is 30.6 Å². The third-order valence-electron chi connectivity index (χ3n) is 0. The van der Waals surface area contributed by atoms with Crippen LogP contribution in [0, 0.1) is 20.2 Å². The Hall–Kier alpha value is -1.67. The van der Waals surface area contributed by atoms with E-state index in [1.807, 2.05) is 0 Å². The average Bonchev–Trinajstić information content (AvgIpc) is 1.25. The van der Waals surface area contributed by atoms with E-state index >= 15 is 0 Å². The largest absolute Gasteiger partial charge is 0.328 e. The minimum absolute atomic E-state index is 0. The molecule has 2 N–H and O–H groups in total. The number of hydrogen-bond donors (Lipinski definition) is 2. The molecule has 0 saturated carbocycles. The van der Waals surface area contributed by atoms with Gasteiger partial charge in [0.2, 0.25) is 0 Å². The molecule has 8 nitrogen and oxygen atoms in total. The van der Waals surface area contributed by atoms with Crippen molar-refractivity contribution in [2.45, 2.75) is 0 Å². The molecule has 9 heavy (non-hydrogen) atoms. The highest BCUT2D eigenvalue weighted by atomic mass is 19.0. The fourth-order valence-corrected chi connectivity index (χ4v) is 0. The normalized spacial score (nSPS) is 5.33. The standard InChI is InChI=1S/FH.2HNO3/c;2*2-1(3)4/h1H;2*(H,2,3,4). The van der Waals surface area contributed by atoms with Gasteiger partial charge in [0.15, 0.2) is 0 Å². The molecular formula is H3FN2O6. The molecule has 0 aromatic heterocycles. The van der Waals surface area contributed by atoms with Gasteiger partial charge in [-0.05, 0) is 0 Å². The van der Waals surface area contributed by atoms with E-state index in [2.05, 4.69) is 0 Å². The molecule has 0 aliphatic heterocycles. The molecule has 0 unspecified atom stereocenters. The second kappa shape index (κ2) is 9.59. The molecule has 0 spiro atoms. The Morgan fingerprint density at radius 1 is 1.00 bits per heavy atom. The fourth-order valence-electron chi connectivity index (χ4n) is 0. The Balaban J connectivity index is -0.0000000720. The highest BCUT2D eigenvalue weighted by Crippen LogP contribution is 1.38. The van der Waals surface area contributed by atoms with Crippen LogP contribution < -0.4 is 0 Å². The van der Waals surface area contributed by atoms with E-state index in [1.54, 1.807) is 0 Å². The molecule has 0 rings (SSSR count). The van der Waals surface area contributed by atoms with Crippen molar-refractivity contribution in [3.8, 4) is 0 Å². The lowest BCUT2D eigenvalue weighted by molar-refractivity contribution is -0.742. The van der Waals surface area contributed by atoms with Crippen molar-refractivity contribution in [1.29, 1.82) is 0 Å². The topological polar surface area (TPSA) is 127 Å².